The van der Waals surface area contributed by atoms with E-state index in [1.165, 1.54) is 17.4 Å². The first-order chi connectivity index (χ1) is 10.7. The molecule has 0 atom stereocenters. The number of amides is 1. The number of thiazole rings is 1. The van der Waals surface area contributed by atoms with Gasteiger partial charge in [-0.2, -0.15) is 0 Å². The van der Waals surface area contributed by atoms with Gasteiger partial charge in [0.15, 0.2) is 10.1 Å². The second-order valence-electron chi connectivity index (χ2n) is 4.52. The molecule has 1 aromatic carbocycles. The van der Waals surface area contributed by atoms with E-state index in [9.17, 15) is 4.79 Å². The Balaban J connectivity index is 1.76. The Labute approximate surface area is 135 Å². The number of carbonyl (C=O) groups excluding carboxylic acids is 1. The first kappa shape index (κ1) is 14.8. The van der Waals surface area contributed by atoms with Crippen LogP contribution in [0.4, 0.5) is 5.69 Å². The first-order valence-electron chi connectivity index (χ1n) is 6.47. The molecule has 0 saturated carbocycles. The van der Waals surface area contributed by atoms with Crippen LogP contribution in [0.3, 0.4) is 0 Å². The third-order valence-corrected chi connectivity index (χ3v) is 4.06. The van der Waals surface area contributed by atoms with Crippen LogP contribution in [0.2, 0.25) is 5.15 Å². The van der Waals surface area contributed by atoms with Crippen molar-refractivity contribution in [2.45, 2.75) is 6.61 Å². The van der Waals surface area contributed by atoms with Crippen molar-refractivity contribution in [3.63, 3.8) is 0 Å². The summed E-state index contributed by atoms with van der Waals surface area (Å²) in [5.74, 6) is -0.281. The lowest BCUT2D eigenvalue weighted by Gasteiger charge is -2.03. The number of nitrogens with one attached hydrogen (secondary N) is 1. The standard InChI is InChI=1S/C15H12ClN3O2S/c16-14-12(19-6-7-22-15(19)18-14)4-5-13(21)17-11-3-1-2-10(8-11)9-20/h1-8,20H,9H2,(H,17,21)/b5-4+. The van der Waals surface area contributed by atoms with E-state index in [1.807, 2.05) is 16.0 Å². The van der Waals surface area contributed by atoms with Gasteiger partial charge in [-0.25, -0.2) is 4.98 Å². The fraction of sp³-hybridized carbons (Fsp3) is 0.0667. The minimum atomic E-state index is -0.281. The van der Waals surface area contributed by atoms with Crippen molar-refractivity contribution in [2.24, 2.45) is 0 Å². The summed E-state index contributed by atoms with van der Waals surface area (Å²) in [7, 11) is 0. The molecule has 22 heavy (non-hydrogen) atoms. The largest absolute Gasteiger partial charge is 0.392 e. The van der Waals surface area contributed by atoms with Crippen LogP contribution in [0.15, 0.2) is 41.9 Å². The molecule has 0 unspecified atom stereocenters. The molecule has 0 saturated heterocycles. The molecule has 0 aliphatic heterocycles. The van der Waals surface area contributed by atoms with Gasteiger partial charge in [0.25, 0.3) is 0 Å². The highest BCUT2D eigenvalue weighted by Gasteiger charge is 2.08. The van der Waals surface area contributed by atoms with Crippen LogP contribution in [0.25, 0.3) is 11.0 Å². The summed E-state index contributed by atoms with van der Waals surface area (Å²) in [5.41, 5.74) is 2.03. The number of anilines is 1. The Morgan fingerprint density at radius 3 is 3.18 bits per heavy atom. The van der Waals surface area contributed by atoms with E-state index in [-0.39, 0.29) is 12.5 Å². The summed E-state index contributed by atoms with van der Waals surface area (Å²) in [6, 6.07) is 7.03. The molecule has 2 aromatic heterocycles. The maximum Gasteiger partial charge on any atom is 0.248 e. The highest BCUT2D eigenvalue weighted by molar-refractivity contribution is 7.15. The molecule has 0 fully saturated rings. The molecule has 5 nitrogen and oxygen atoms in total. The molecule has 112 valence electrons. The van der Waals surface area contributed by atoms with E-state index in [0.29, 0.717) is 16.5 Å². The second-order valence-corrected chi connectivity index (χ2v) is 5.76. The summed E-state index contributed by atoms with van der Waals surface area (Å²) in [4.78, 5) is 16.9. The number of aliphatic hydroxyl groups is 1. The zero-order chi connectivity index (χ0) is 15.5. The van der Waals surface area contributed by atoms with Crippen LogP contribution in [-0.2, 0) is 11.4 Å². The first-order valence-corrected chi connectivity index (χ1v) is 7.73. The summed E-state index contributed by atoms with van der Waals surface area (Å²) in [5, 5.41) is 14.1. The molecule has 0 spiro atoms. The number of hydrogen-bond donors (Lipinski definition) is 2. The fourth-order valence-corrected chi connectivity index (χ4v) is 3.02. The lowest BCUT2D eigenvalue weighted by Crippen LogP contribution is -2.08. The van der Waals surface area contributed by atoms with Crippen LogP contribution in [-0.4, -0.2) is 20.4 Å². The van der Waals surface area contributed by atoms with E-state index >= 15 is 0 Å². The highest BCUT2D eigenvalue weighted by atomic mass is 35.5. The molecule has 0 radical (unpaired) electrons. The van der Waals surface area contributed by atoms with Gasteiger partial charge in [0.1, 0.15) is 0 Å². The number of rotatable bonds is 4. The molecule has 3 rings (SSSR count). The average molecular weight is 334 g/mol. The third-order valence-electron chi connectivity index (χ3n) is 3.02. The molecular weight excluding hydrogens is 322 g/mol. The molecule has 0 aliphatic rings. The number of benzene rings is 1. The van der Waals surface area contributed by atoms with Crippen molar-refractivity contribution in [2.75, 3.05) is 5.32 Å². The van der Waals surface area contributed by atoms with Crippen molar-refractivity contribution in [1.82, 2.24) is 9.38 Å². The van der Waals surface area contributed by atoms with Crippen molar-refractivity contribution in [1.29, 1.82) is 0 Å². The summed E-state index contributed by atoms with van der Waals surface area (Å²) < 4.78 is 1.82. The normalized spacial score (nSPS) is 11.4. The Kier molecular flexibility index (Phi) is 4.24. The van der Waals surface area contributed by atoms with E-state index in [4.69, 9.17) is 16.7 Å². The highest BCUT2D eigenvalue weighted by Crippen LogP contribution is 2.22. The number of aromatic nitrogens is 2. The van der Waals surface area contributed by atoms with Gasteiger partial charge in [0, 0.05) is 23.3 Å². The number of hydrogen-bond acceptors (Lipinski definition) is 4. The van der Waals surface area contributed by atoms with Gasteiger partial charge >= 0.3 is 0 Å². The van der Waals surface area contributed by atoms with Gasteiger partial charge in [0.05, 0.1) is 12.3 Å². The number of halogens is 1. The molecule has 7 heteroatoms. The number of fused-ring (bicyclic) bond motifs is 1. The number of imidazole rings is 1. The van der Waals surface area contributed by atoms with Crippen LogP contribution in [0, 0.1) is 0 Å². The SMILES string of the molecule is O=C(/C=C/c1c(Cl)nc2sccn12)Nc1cccc(CO)c1. The van der Waals surface area contributed by atoms with Crippen LogP contribution < -0.4 is 5.32 Å². The van der Waals surface area contributed by atoms with Crippen molar-refractivity contribution >= 4 is 45.6 Å². The Morgan fingerprint density at radius 1 is 1.50 bits per heavy atom. The van der Waals surface area contributed by atoms with Gasteiger partial charge < -0.3 is 10.4 Å². The van der Waals surface area contributed by atoms with Crippen LogP contribution in [0.5, 0.6) is 0 Å². The van der Waals surface area contributed by atoms with E-state index < -0.39 is 0 Å². The summed E-state index contributed by atoms with van der Waals surface area (Å²) >= 11 is 7.53. The average Bonchev–Trinajstić information content (AvgIpc) is 3.06. The van der Waals surface area contributed by atoms with Gasteiger partial charge in [-0.3, -0.25) is 9.20 Å². The summed E-state index contributed by atoms with van der Waals surface area (Å²) in [6.45, 7) is -0.0683. The summed E-state index contributed by atoms with van der Waals surface area (Å²) in [6.07, 6.45) is 4.88. The second kappa shape index (κ2) is 6.31. The molecule has 3 aromatic rings. The Morgan fingerprint density at radius 2 is 2.36 bits per heavy atom. The minimum absolute atomic E-state index is 0.0683. The smallest absolute Gasteiger partial charge is 0.248 e. The van der Waals surface area contributed by atoms with Crippen molar-refractivity contribution in [3.05, 3.63) is 58.3 Å². The molecular formula is C15H12ClN3O2S. The minimum Gasteiger partial charge on any atom is -0.392 e. The molecule has 1 amide bonds. The zero-order valence-electron chi connectivity index (χ0n) is 11.4. The molecule has 2 N–H and O–H groups in total. The van der Waals surface area contributed by atoms with Gasteiger partial charge in [-0.15, -0.1) is 11.3 Å². The molecule has 0 bridgehead atoms. The third kappa shape index (κ3) is 3.04. The number of nitrogens with zero attached hydrogens (tertiary/aromatic N) is 2. The number of carbonyl (C=O) groups is 1. The molecule has 2 heterocycles. The Hall–Kier alpha value is -2.15. The topological polar surface area (TPSA) is 66.6 Å². The van der Waals surface area contributed by atoms with Gasteiger partial charge in [-0.05, 0) is 23.8 Å². The van der Waals surface area contributed by atoms with E-state index in [0.717, 1.165) is 10.5 Å². The quantitative estimate of drug-likeness (QED) is 0.720. The Bertz CT molecular complexity index is 853. The van der Waals surface area contributed by atoms with Crippen LogP contribution >= 0.6 is 22.9 Å². The number of aliphatic hydroxyl groups excluding tert-OH is 1. The zero-order valence-corrected chi connectivity index (χ0v) is 12.9. The van der Waals surface area contributed by atoms with Gasteiger partial charge in [-0.1, -0.05) is 23.7 Å². The van der Waals surface area contributed by atoms with Crippen LogP contribution in [0.1, 0.15) is 11.3 Å². The lowest BCUT2D eigenvalue weighted by atomic mass is 10.2. The van der Waals surface area contributed by atoms with Gasteiger partial charge in [0.2, 0.25) is 5.91 Å². The van der Waals surface area contributed by atoms with Crippen molar-refractivity contribution in [3.8, 4) is 0 Å². The molecule has 0 aliphatic carbocycles. The monoisotopic (exact) mass is 333 g/mol. The van der Waals surface area contributed by atoms with Crippen molar-refractivity contribution < 1.29 is 9.90 Å². The lowest BCUT2D eigenvalue weighted by molar-refractivity contribution is -0.111. The van der Waals surface area contributed by atoms with E-state index in [2.05, 4.69) is 10.3 Å². The predicted octanol–water partition coefficient (Wildman–Crippen LogP) is 3.19. The predicted molar refractivity (Wildman–Crippen MR) is 88.1 cm³/mol. The maximum absolute atomic E-state index is 12.0. The van der Waals surface area contributed by atoms with E-state index in [1.54, 1.807) is 30.3 Å². The maximum atomic E-state index is 12.0. The fourth-order valence-electron chi connectivity index (χ4n) is 2.01.